The van der Waals surface area contributed by atoms with Gasteiger partial charge < -0.3 is 20.8 Å². The summed E-state index contributed by atoms with van der Waals surface area (Å²) in [4.78, 5) is 26.3. The third-order valence-corrected chi connectivity index (χ3v) is 4.57. The molecule has 0 saturated heterocycles. The summed E-state index contributed by atoms with van der Waals surface area (Å²) in [6.45, 7) is 0.410. The summed E-state index contributed by atoms with van der Waals surface area (Å²) < 4.78 is 5.42. The molecule has 2 rings (SSSR count). The lowest BCUT2D eigenvalue weighted by Gasteiger charge is -2.23. The number of amides is 3. The second-order valence-corrected chi connectivity index (χ2v) is 6.56. The predicted octanol–water partition coefficient (Wildman–Crippen LogP) is 1.86. The second kappa shape index (κ2) is 8.51. The molecule has 8 heteroatoms. The smallest absolute Gasteiger partial charge is 0.312 e. The van der Waals surface area contributed by atoms with Crippen molar-refractivity contribution in [1.29, 1.82) is 0 Å². The van der Waals surface area contributed by atoms with Gasteiger partial charge in [0, 0.05) is 11.4 Å². The minimum Gasteiger partial charge on any atom is -0.468 e. The number of urea groups is 1. The van der Waals surface area contributed by atoms with Crippen LogP contribution in [0.2, 0.25) is 0 Å². The largest absolute Gasteiger partial charge is 0.468 e. The first kappa shape index (κ1) is 18.0. The Labute approximate surface area is 144 Å². The monoisotopic (exact) mass is 350 g/mol. The highest BCUT2D eigenvalue weighted by Gasteiger charge is 2.21. The summed E-state index contributed by atoms with van der Waals surface area (Å²) in [6.07, 6.45) is 1.74. The van der Waals surface area contributed by atoms with Crippen molar-refractivity contribution in [2.24, 2.45) is 5.73 Å². The molecule has 2 aromatic heterocycles. The van der Waals surface area contributed by atoms with Crippen LogP contribution in [-0.4, -0.2) is 37.5 Å². The number of nitrogens with two attached hydrogens (primary N) is 1. The standard InChI is InChI=1S/C16H22N4O3S/c1-20(2)12(13-5-3-7-23-13)10-18-15(21)9-11(19-16(17)22)14-6-4-8-24-14/h3-8,11-12H,9-10H2,1-2H3,(H,18,21)(H3,17,19,22). The van der Waals surface area contributed by atoms with Crippen LogP contribution in [0.5, 0.6) is 0 Å². The Kier molecular flexibility index (Phi) is 6.39. The SMILES string of the molecule is CN(C)C(CNC(=O)CC(NC(N)=O)c1cccs1)c1ccco1. The maximum absolute atomic E-state index is 12.3. The number of likely N-dealkylation sites (N-methyl/N-ethyl adjacent to an activating group) is 1. The fourth-order valence-electron chi connectivity index (χ4n) is 2.37. The summed E-state index contributed by atoms with van der Waals surface area (Å²) >= 11 is 1.47. The van der Waals surface area contributed by atoms with Crippen molar-refractivity contribution in [2.75, 3.05) is 20.6 Å². The van der Waals surface area contributed by atoms with Crippen molar-refractivity contribution in [1.82, 2.24) is 15.5 Å². The molecule has 0 spiro atoms. The van der Waals surface area contributed by atoms with Gasteiger partial charge in [0.05, 0.1) is 24.8 Å². The number of carbonyl (C=O) groups excluding carboxylic acids is 2. The molecule has 2 aromatic rings. The molecule has 4 N–H and O–H groups in total. The molecule has 7 nitrogen and oxygen atoms in total. The number of rotatable bonds is 8. The fraction of sp³-hybridized carbons (Fsp3) is 0.375. The number of primary amides is 1. The average Bonchev–Trinajstić information content (AvgIpc) is 3.19. The third kappa shape index (κ3) is 5.10. The second-order valence-electron chi connectivity index (χ2n) is 5.58. The Balaban J connectivity index is 1.94. The van der Waals surface area contributed by atoms with Gasteiger partial charge in [-0.25, -0.2) is 4.79 Å². The summed E-state index contributed by atoms with van der Waals surface area (Å²) in [6, 6.07) is 6.29. The fourth-order valence-corrected chi connectivity index (χ4v) is 3.15. The van der Waals surface area contributed by atoms with Gasteiger partial charge in [-0.05, 0) is 37.7 Å². The zero-order chi connectivity index (χ0) is 17.5. The molecule has 0 aromatic carbocycles. The minimum atomic E-state index is -0.650. The summed E-state index contributed by atoms with van der Waals surface area (Å²) in [5, 5.41) is 7.39. The highest BCUT2D eigenvalue weighted by Crippen LogP contribution is 2.22. The lowest BCUT2D eigenvalue weighted by atomic mass is 10.1. The topological polar surface area (TPSA) is 101 Å². The Hall–Kier alpha value is -2.32. The van der Waals surface area contributed by atoms with Crippen molar-refractivity contribution in [3.8, 4) is 0 Å². The minimum absolute atomic E-state index is 0.0618. The van der Waals surface area contributed by atoms with E-state index in [4.69, 9.17) is 10.2 Å². The molecule has 2 heterocycles. The quantitative estimate of drug-likeness (QED) is 0.676. The molecule has 0 aliphatic heterocycles. The Bertz CT molecular complexity index is 640. The van der Waals surface area contributed by atoms with E-state index >= 15 is 0 Å². The van der Waals surface area contributed by atoms with E-state index < -0.39 is 12.1 Å². The number of furan rings is 1. The highest BCUT2D eigenvalue weighted by atomic mass is 32.1. The van der Waals surface area contributed by atoms with Gasteiger partial charge in [0.25, 0.3) is 0 Å². The number of thiophene rings is 1. The molecule has 0 fully saturated rings. The van der Waals surface area contributed by atoms with Crippen LogP contribution < -0.4 is 16.4 Å². The Morgan fingerprint density at radius 1 is 1.33 bits per heavy atom. The van der Waals surface area contributed by atoms with E-state index in [1.54, 1.807) is 6.26 Å². The zero-order valence-corrected chi connectivity index (χ0v) is 14.5. The molecule has 0 saturated carbocycles. The summed E-state index contributed by atoms with van der Waals surface area (Å²) in [5.74, 6) is 0.617. The van der Waals surface area contributed by atoms with Crippen molar-refractivity contribution < 1.29 is 14.0 Å². The average molecular weight is 350 g/mol. The van der Waals surface area contributed by atoms with Crippen LogP contribution in [0.4, 0.5) is 4.79 Å². The number of nitrogens with zero attached hydrogens (tertiary/aromatic N) is 1. The van der Waals surface area contributed by atoms with E-state index in [0.29, 0.717) is 6.54 Å². The van der Waals surface area contributed by atoms with Gasteiger partial charge in [-0.3, -0.25) is 9.69 Å². The third-order valence-electron chi connectivity index (χ3n) is 3.58. The van der Waals surface area contributed by atoms with Crippen molar-refractivity contribution in [2.45, 2.75) is 18.5 Å². The first-order valence-corrected chi connectivity index (χ1v) is 8.41. The maximum atomic E-state index is 12.3. The Morgan fingerprint density at radius 2 is 2.12 bits per heavy atom. The van der Waals surface area contributed by atoms with Crippen LogP contribution in [0, 0.1) is 0 Å². The molecule has 130 valence electrons. The van der Waals surface area contributed by atoms with E-state index in [1.165, 1.54) is 11.3 Å². The summed E-state index contributed by atoms with van der Waals surface area (Å²) in [5.41, 5.74) is 5.21. The van der Waals surface area contributed by atoms with Crippen LogP contribution in [-0.2, 0) is 4.79 Å². The molecule has 0 aliphatic carbocycles. The normalized spacial score (nSPS) is 13.5. The van der Waals surface area contributed by atoms with Gasteiger partial charge in [0.2, 0.25) is 5.91 Å². The van der Waals surface area contributed by atoms with Gasteiger partial charge >= 0.3 is 6.03 Å². The molecular weight excluding hydrogens is 328 g/mol. The molecule has 0 bridgehead atoms. The van der Waals surface area contributed by atoms with Crippen LogP contribution in [0.25, 0.3) is 0 Å². The maximum Gasteiger partial charge on any atom is 0.312 e. The Morgan fingerprint density at radius 3 is 2.67 bits per heavy atom. The first-order chi connectivity index (χ1) is 11.5. The number of hydrogen-bond donors (Lipinski definition) is 3. The predicted molar refractivity (Wildman–Crippen MR) is 92.5 cm³/mol. The van der Waals surface area contributed by atoms with Gasteiger partial charge in [-0.2, -0.15) is 0 Å². The molecule has 2 atom stereocenters. The zero-order valence-electron chi connectivity index (χ0n) is 13.7. The van der Waals surface area contributed by atoms with Crippen LogP contribution in [0.3, 0.4) is 0 Å². The lowest BCUT2D eigenvalue weighted by Crippen LogP contribution is -2.38. The molecule has 0 aliphatic rings. The van der Waals surface area contributed by atoms with E-state index in [0.717, 1.165) is 10.6 Å². The van der Waals surface area contributed by atoms with Crippen molar-refractivity contribution >= 4 is 23.3 Å². The van der Waals surface area contributed by atoms with Crippen LogP contribution >= 0.6 is 11.3 Å². The molecular formula is C16H22N4O3S. The molecule has 3 amide bonds. The van der Waals surface area contributed by atoms with Gasteiger partial charge in [0.15, 0.2) is 0 Å². The molecule has 24 heavy (non-hydrogen) atoms. The molecule has 2 unspecified atom stereocenters. The van der Waals surface area contributed by atoms with E-state index in [1.807, 2.05) is 48.6 Å². The number of carbonyl (C=O) groups is 2. The number of hydrogen-bond acceptors (Lipinski definition) is 5. The van der Waals surface area contributed by atoms with E-state index in [-0.39, 0.29) is 18.4 Å². The van der Waals surface area contributed by atoms with Gasteiger partial charge in [-0.1, -0.05) is 6.07 Å². The lowest BCUT2D eigenvalue weighted by molar-refractivity contribution is -0.121. The van der Waals surface area contributed by atoms with E-state index in [9.17, 15) is 9.59 Å². The van der Waals surface area contributed by atoms with Gasteiger partial charge in [0.1, 0.15) is 5.76 Å². The highest BCUT2D eigenvalue weighted by molar-refractivity contribution is 7.10. The number of nitrogens with one attached hydrogen (secondary N) is 2. The van der Waals surface area contributed by atoms with Crippen molar-refractivity contribution in [3.05, 3.63) is 46.5 Å². The van der Waals surface area contributed by atoms with Crippen LogP contribution in [0.15, 0.2) is 40.3 Å². The summed E-state index contributed by atoms with van der Waals surface area (Å²) in [7, 11) is 3.84. The van der Waals surface area contributed by atoms with Gasteiger partial charge in [-0.15, -0.1) is 11.3 Å². The first-order valence-electron chi connectivity index (χ1n) is 7.53. The van der Waals surface area contributed by atoms with Crippen LogP contribution in [0.1, 0.15) is 29.1 Å². The van der Waals surface area contributed by atoms with Crippen molar-refractivity contribution in [3.63, 3.8) is 0 Å². The van der Waals surface area contributed by atoms with E-state index in [2.05, 4.69) is 10.6 Å². The molecule has 0 radical (unpaired) electrons.